The SMILES string of the molecule is CCOc1ccc(C(OC)OC)cc1[N+](=O)[O-]. The molecular formula is C11H15NO5. The fourth-order valence-corrected chi connectivity index (χ4v) is 1.47. The highest BCUT2D eigenvalue weighted by molar-refractivity contribution is 5.49. The molecule has 0 aromatic heterocycles. The van der Waals surface area contributed by atoms with Gasteiger partial charge in [0, 0.05) is 25.8 Å². The van der Waals surface area contributed by atoms with E-state index < -0.39 is 11.2 Å². The van der Waals surface area contributed by atoms with Gasteiger partial charge in [-0.3, -0.25) is 10.1 Å². The molecule has 1 rings (SSSR count). The summed E-state index contributed by atoms with van der Waals surface area (Å²) in [5.74, 6) is 0.243. The van der Waals surface area contributed by atoms with E-state index in [0.717, 1.165) is 0 Å². The zero-order valence-corrected chi connectivity index (χ0v) is 10.0. The molecule has 0 bridgehead atoms. The zero-order valence-electron chi connectivity index (χ0n) is 10.0. The van der Waals surface area contributed by atoms with Gasteiger partial charge in [0.1, 0.15) is 0 Å². The first-order valence-electron chi connectivity index (χ1n) is 5.10. The maximum atomic E-state index is 10.9. The van der Waals surface area contributed by atoms with Crippen molar-refractivity contribution in [3.8, 4) is 5.75 Å². The van der Waals surface area contributed by atoms with Gasteiger partial charge in [0.2, 0.25) is 0 Å². The average molecular weight is 241 g/mol. The van der Waals surface area contributed by atoms with Gasteiger partial charge in [0.15, 0.2) is 12.0 Å². The van der Waals surface area contributed by atoms with E-state index in [0.29, 0.717) is 12.2 Å². The molecule has 0 N–H and O–H groups in total. The van der Waals surface area contributed by atoms with Gasteiger partial charge in [-0.15, -0.1) is 0 Å². The molecule has 0 fully saturated rings. The van der Waals surface area contributed by atoms with Crippen LogP contribution in [0, 0.1) is 10.1 Å². The Morgan fingerprint density at radius 2 is 2.00 bits per heavy atom. The lowest BCUT2D eigenvalue weighted by atomic mass is 10.2. The van der Waals surface area contributed by atoms with Gasteiger partial charge < -0.3 is 14.2 Å². The van der Waals surface area contributed by atoms with Crippen LogP contribution in [0.1, 0.15) is 18.8 Å². The van der Waals surface area contributed by atoms with Crippen LogP contribution in [0.2, 0.25) is 0 Å². The zero-order chi connectivity index (χ0) is 12.8. The number of nitrogens with zero attached hydrogens (tertiary/aromatic N) is 1. The van der Waals surface area contributed by atoms with E-state index in [-0.39, 0.29) is 11.4 Å². The number of hydrogen-bond donors (Lipinski definition) is 0. The number of nitro benzene ring substituents is 1. The summed E-state index contributed by atoms with van der Waals surface area (Å²) in [4.78, 5) is 10.4. The highest BCUT2D eigenvalue weighted by atomic mass is 16.7. The van der Waals surface area contributed by atoms with Gasteiger partial charge in [0.25, 0.3) is 0 Å². The monoisotopic (exact) mass is 241 g/mol. The maximum Gasteiger partial charge on any atom is 0.311 e. The van der Waals surface area contributed by atoms with Crippen molar-refractivity contribution in [3.05, 3.63) is 33.9 Å². The van der Waals surface area contributed by atoms with Crippen molar-refractivity contribution in [2.24, 2.45) is 0 Å². The fourth-order valence-electron chi connectivity index (χ4n) is 1.47. The van der Waals surface area contributed by atoms with Crippen LogP contribution in [-0.2, 0) is 9.47 Å². The van der Waals surface area contributed by atoms with E-state index >= 15 is 0 Å². The van der Waals surface area contributed by atoms with Gasteiger partial charge in [-0.05, 0) is 19.1 Å². The Hall–Kier alpha value is -1.66. The van der Waals surface area contributed by atoms with Crippen molar-refractivity contribution in [2.45, 2.75) is 13.2 Å². The van der Waals surface area contributed by atoms with Crippen molar-refractivity contribution in [1.29, 1.82) is 0 Å². The van der Waals surface area contributed by atoms with Gasteiger partial charge in [-0.1, -0.05) is 0 Å². The third-order valence-corrected chi connectivity index (χ3v) is 2.18. The number of nitro groups is 1. The van der Waals surface area contributed by atoms with Crippen molar-refractivity contribution in [1.82, 2.24) is 0 Å². The van der Waals surface area contributed by atoms with E-state index in [9.17, 15) is 10.1 Å². The first-order chi connectivity index (χ1) is 8.13. The first-order valence-corrected chi connectivity index (χ1v) is 5.10. The summed E-state index contributed by atoms with van der Waals surface area (Å²) >= 11 is 0. The quantitative estimate of drug-likeness (QED) is 0.434. The molecule has 6 nitrogen and oxygen atoms in total. The predicted octanol–water partition coefficient (Wildman–Crippen LogP) is 2.28. The molecule has 0 aliphatic carbocycles. The van der Waals surface area contributed by atoms with Crippen LogP contribution in [-0.4, -0.2) is 25.7 Å². The highest BCUT2D eigenvalue weighted by Crippen LogP contribution is 2.31. The molecule has 0 amide bonds. The second kappa shape index (κ2) is 6.17. The van der Waals surface area contributed by atoms with Crippen molar-refractivity contribution in [3.63, 3.8) is 0 Å². The van der Waals surface area contributed by atoms with Crippen molar-refractivity contribution in [2.75, 3.05) is 20.8 Å². The molecule has 0 radical (unpaired) electrons. The number of ether oxygens (including phenoxy) is 3. The molecular weight excluding hydrogens is 226 g/mol. The van der Waals surface area contributed by atoms with Crippen LogP contribution in [0.5, 0.6) is 5.75 Å². The molecule has 0 saturated carbocycles. The predicted molar refractivity (Wildman–Crippen MR) is 61.0 cm³/mol. The van der Waals surface area contributed by atoms with E-state index in [1.54, 1.807) is 19.1 Å². The summed E-state index contributed by atoms with van der Waals surface area (Å²) in [7, 11) is 2.94. The Labute approximate surface area is 99.2 Å². The normalized spacial score (nSPS) is 10.6. The third kappa shape index (κ3) is 3.15. The standard InChI is InChI=1S/C11H15NO5/c1-4-17-10-6-5-8(11(15-2)16-3)7-9(10)12(13)14/h5-7,11H,4H2,1-3H3. The largest absolute Gasteiger partial charge is 0.487 e. The third-order valence-electron chi connectivity index (χ3n) is 2.18. The Morgan fingerprint density at radius 3 is 2.47 bits per heavy atom. The second-order valence-electron chi connectivity index (χ2n) is 3.22. The molecule has 94 valence electrons. The minimum atomic E-state index is -0.621. The summed E-state index contributed by atoms with van der Waals surface area (Å²) < 4.78 is 15.2. The summed E-state index contributed by atoms with van der Waals surface area (Å²) in [5, 5.41) is 10.9. The molecule has 1 aromatic carbocycles. The van der Waals surface area contributed by atoms with E-state index in [2.05, 4.69) is 0 Å². The fraction of sp³-hybridized carbons (Fsp3) is 0.455. The lowest BCUT2D eigenvalue weighted by Crippen LogP contribution is -2.05. The summed E-state index contributed by atoms with van der Waals surface area (Å²) in [5.41, 5.74) is 0.480. The molecule has 1 aromatic rings. The van der Waals surface area contributed by atoms with Gasteiger partial charge in [-0.25, -0.2) is 0 Å². The Balaban J connectivity index is 3.13. The van der Waals surface area contributed by atoms with Gasteiger partial charge >= 0.3 is 5.69 Å². The Morgan fingerprint density at radius 1 is 1.35 bits per heavy atom. The Bertz CT molecular complexity index is 389. The summed E-state index contributed by atoms with van der Waals surface area (Å²) in [6.07, 6.45) is -0.621. The Kier molecular flexibility index (Phi) is 4.86. The smallest absolute Gasteiger partial charge is 0.311 e. The topological polar surface area (TPSA) is 70.8 Å². The number of hydrogen-bond acceptors (Lipinski definition) is 5. The minimum Gasteiger partial charge on any atom is -0.487 e. The van der Waals surface area contributed by atoms with Crippen LogP contribution in [0.3, 0.4) is 0 Å². The van der Waals surface area contributed by atoms with E-state index in [4.69, 9.17) is 14.2 Å². The molecule has 0 atom stereocenters. The summed E-state index contributed by atoms with van der Waals surface area (Å²) in [6.45, 7) is 2.14. The van der Waals surface area contributed by atoms with Crippen LogP contribution >= 0.6 is 0 Å². The van der Waals surface area contributed by atoms with Crippen LogP contribution in [0.25, 0.3) is 0 Å². The van der Waals surface area contributed by atoms with Crippen LogP contribution in [0.4, 0.5) is 5.69 Å². The highest BCUT2D eigenvalue weighted by Gasteiger charge is 2.19. The van der Waals surface area contributed by atoms with Crippen molar-refractivity contribution < 1.29 is 19.1 Å². The van der Waals surface area contributed by atoms with E-state index in [1.165, 1.54) is 20.3 Å². The lowest BCUT2D eigenvalue weighted by Gasteiger charge is -2.14. The first kappa shape index (κ1) is 13.4. The number of methoxy groups -OCH3 is 2. The second-order valence-corrected chi connectivity index (χ2v) is 3.22. The van der Waals surface area contributed by atoms with Gasteiger partial charge in [-0.2, -0.15) is 0 Å². The molecule has 0 aliphatic heterocycles. The molecule has 17 heavy (non-hydrogen) atoms. The average Bonchev–Trinajstić information content (AvgIpc) is 2.32. The van der Waals surface area contributed by atoms with Crippen molar-refractivity contribution >= 4 is 5.69 Å². The molecule has 0 saturated heterocycles. The van der Waals surface area contributed by atoms with Crippen LogP contribution < -0.4 is 4.74 Å². The number of rotatable bonds is 6. The lowest BCUT2D eigenvalue weighted by molar-refractivity contribution is -0.386. The van der Waals surface area contributed by atoms with Crippen LogP contribution in [0.15, 0.2) is 18.2 Å². The van der Waals surface area contributed by atoms with E-state index in [1.807, 2.05) is 0 Å². The molecule has 0 spiro atoms. The molecule has 0 aliphatic rings. The molecule has 0 unspecified atom stereocenters. The minimum absolute atomic E-state index is 0.0940. The maximum absolute atomic E-state index is 10.9. The molecule has 0 heterocycles. The number of benzene rings is 1. The van der Waals surface area contributed by atoms with Gasteiger partial charge in [0.05, 0.1) is 11.5 Å². The summed E-state index contributed by atoms with van der Waals surface area (Å²) in [6, 6.07) is 4.61. The molecule has 6 heteroatoms.